The van der Waals surface area contributed by atoms with Crippen LogP contribution in [-0.4, -0.2) is 30.8 Å². The van der Waals surface area contributed by atoms with E-state index < -0.39 is 11.8 Å². The van der Waals surface area contributed by atoms with Crippen LogP contribution in [0.4, 0.5) is 15.9 Å². The first kappa shape index (κ1) is 22.2. The van der Waals surface area contributed by atoms with Gasteiger partial charge < -0.3 is 10.4 Å². The van der Waals surface area contributed by atoms with E-state index in [0.29, 0.717) is 33.8 Å². The molecule has 0 amide bonds. The third kappa shape index (κ3) is 3.89. The smallest absolute Gasteiger partial charge is 0.337 e. The lowest BCUT2D eigenvalue weighted by Gasteiger charge is -2.17. The number of para-hydroxylation sites is 2. The highest BCUT2D eigenvalue weighted by molar-refractivity contribution is 5.97. The maximum atomic E-state index is 15.0. The van der Waals surface area contributed by atoms with Crippen molar-refractivity contribution >= 4 is 28.5 Å². The predicted octanol–water partition coefficient (Wildman–Crippen LogP) is 5.99. The molecule has 0 unspecified atom stereocenters. The summed E-state index contributed by atoms with van der Waals surface area (Å²) in [6.07, 6.45) is 2.96. The molecule has 0 aliphatic carbocycles. The van der Waals surface area contributed by atoms with Gasteiger partial charge in [0.1, 0.15) is 11.3 Å². The maximum Gasteiger partial charge on any atom is 0.337 e. The first-order valence-electron chi connectivity index (χ1n) is 11.0. The zero-order valence-corrected chi connectivity index (χ0v) is 19.4. The topological polar surface area (TPSA) is 92.9 Å². The molecule has 35 heavy (non-hydrogen) atoms. The molecule has 0 aliphatic heterocycles. The van der Waals surface area contributed by atoms with E-state index in [-0.39, 0.29) is 11.1 Å². The summed E-state index contributed by atoms with van der Waals surface area (Å²) >= 11 is 0. The minimum absolute atomic E-state index is 0.127. The number of nitrogens with zero attached hydrogens (tertiary/aromatic N) is 4. The van der Waals surface area contributed by atoms with Crippen molar-refractivity contribution in [2.45, 2.75) is 20.8 Å². The lowest BCUT2D eigenvalue weighted by molar-refractivity contribution is 0.0698. The van der Waals surface area contributed by atoms with E-state index in [1.54, 1.807) is 22.9 Å². The zero-order valence-electron chi connectivity index (χ0n) is 19.4. The summed E-state index contributed by atoms with van der Waals surface area (Å²) in [6.45, 7) is 5.64. The van der Waals surface area contributed by atoms with Crippen molar-refractivity contribution in [2.75, 3.05) is 5.32 Å². The van der Waals surface area contributed by atoms with E-state index >= 15 is 4.39 Å². The van der Waals surface area contributed by atoms with Crippen LogP contribution in [0.1, 0.15) is 27.2 Å². The lowest BCUT2D eigenvalue weighted by atomic mass is 10.0. The Bertz CT molecular complexity index is 1610. The van der Waals surface area contributed by atoms with Crippen LogP contribution in [0.15, 0.2) is 67.0 Å². The van der Waals surface area contributed by atoms with E-state index in [4.69, 9.17) is 5.10 Å². The number of halogens is 1. The fraction of sp³-hybridized carbons (Fsp3) is 0.111. The molecule has 2 aromatic heterocycles. The van der Waals surface area contributed by atoms with Crippen LogP contribution in [0.25, 0.3) is 27.8 Å². The van der Waals surface area contributed by atoms with Gasteiger partial charge in [0, 0.05) is 18.0 Å². The van der Waals surface area contributed by atoms with Crippen molar-refractivity contribution in [3.05, 3.63) is 95.2 Å². The summed E-state index contributed by atoms with van der Waals surface area (Å²) in [5, 5.41) is 17.9. The molecule has 0 aliphatic rings. The fourth-order valence-electron chi connectivity index (χ4n) is 4.27. The number of carboxylic acids is 1. The molecule has 0 saturated carbocycles. The third-order valence-corrected chi connectivity index (χ3v) is 5.97. The third-order valence-electron chi connectivity index (χ3n) is 5.97. The van der Waals surface area contributed by atoms with Gasteiger partial charge in [0.15, 0.2) is 5.82 Å². The molecule has 0 atom stereocenters. The highest BCUT2D eigenvalue weighted by Gasteiger charge is 2.23. The number of hydrogen-bond donors (Lipinski definition) is 2. The normalized spacial score (nSPS) is 11.1. The van der Waals surface area contributed by atoms with Crippen LogP contribution in [0.3, 0.4) is 0 Å². The van der Waals surface area contributed by atoms with Gasteiger partial charge in [-0.15, -0.1) is 0 Å². The van der Waals surface area contributed by atoms with Crippen LogP contribution >= 0.6 is 0 Å². The van der Waals surface area contributed by atoms with Gasteiger partial charge in [0.2, 0.25) is 0 Å². The van der Waals surface area contributed by atoms with E-state index in [0.717, 1.165) is 16.8 Å². The Balaban J connectivity index is 1.80. The quantitative estimate of drug-likeness (QED) is 0.330. The molecule has 0 spiro atoms. The number of rotatable bonds is 5. The number of hydrogen-bond acceptors (Lipinski definition) is 5. The van der Waals surface area contributed by atoms with Crippen LogP contribution in [0, 0.1) is 26.6 Å². The molecule has 7 nitrogen and oxygen atoms in total. The van der Waals surface area contributed by atoms with Crippen LogP contribution < -0.4 is 5.32 Å². The summed E-state index contributed by atoms with van der Waals surface area (Å²) in [6, 6.07) is 16.0. The minimum Gasteiger partial charge on any atom is -0.478 e. The maximum absolute atomic E-state index is 15.0. The molecule has 0 radical (unpaired) electrons. The van der Waals surface area contributed by atoms with E-state index in [9.17, 15) is 9.90 Å². The lowest BCUT2D eigenvalue weighted by Crippen LogP contribution is -2.09. The Hall–Kier alpha value is -4.59. The van der Waals surface area contributed by atoms with Crippen LogP contribution in [-0.2, 0) is 0 Å². The van der Waals surface area contributed by atoms with Crippen molar-refractivity contribution in [2.24, 2.45) is 0 Å². The number of benzene rings is 3. The summed E-state index contributed by atoms with van der Waals surface area (Å²) in [5.74, 6) is -1.03. The number of fused-ring (bicyclic) bond motifs is 1. The number of anilines is 2. The summed E-state index contributed by atoms with van der Waals surface area (Å²) < 4.78 is 16.8. The number of aromatic carboxylic acids is 1. The molecule has 0 fully saturated rings. The molecule has 0 bridgehead atoms. The molecule has 8 heteroatoms. The van der Waals surface area contributed by atoms with E-state index in [1.165, 1.54) is 18.5 Å². The Morgan fingerprint density at radius 3 is 2.49 bits per heavy atom. The molecule has 0 saturated heterocycles. The predicted molar refractivity (Wildman–Crippen MR) is 133 cm³/mol. The number of aryl methyl sites for hydroxylation is 3. The number of carbonyl (C=O) groups is 1. The number of carboxylic acid groups (broad SMARTS) is 1. The van der Waals surface area contributed by atoms with Gasteiger partial charge in [-0.3, -0.25) is 4.98 Å². The monoisotopic (exact) mass is 467 g/mol. The second kappa shape index (κ2) is 8.64. The Kier molecular flexibility index (Phi) is 5.49. The Morgan fingerprint density at radius 2 is 1.71 bits per heavy atom. The first-order valence-corrected chi connectivity index (χ1v) is 11.0. The molecule has 2 N–H and O–H groups in total. The Morgan fingerprint density at radius 1 is 0.971 bits per heavy atom. The van der Waals surface area contributed by atoms with Crippen molar-refractivity contribution < 1.29 is 14.3 Å². The Labute approximate surface area is 200 Å². The fourth-order valence-corrected chi connectivity index (χ4v) is 4.27. The van der Waals surface area contributed by atoms with Gasteiger partial charge in [-0.25, -0.2) is 18.9 Å². The SMILES string of the molecule is Cc1ccccc1-n1nc(C)c(-c2cc(F)c3nccnc3c2)c1Nc1c(C)cccc1C(=O)O. The number of aromatic nitrogens is 4. The van der Waals surface area contributed by atoms with Gasteiger partial charge in [-0.1, -0.05) is 30.3 Å². The standard InChI is InChI=1S/C27H22FN5O2/c1-15-7-4-5-10-22(15)33-26(31-24-16(2)8-6-9-19(24)27(34)35)23(17(3)32-33)18-13-20(28)25-21(14-18)29-11-12-30-25/h4-14,31H,1-3H3,(H,34,35). The summed E-state index contributed by atoms with van der Waals surface area (Å²) in [5.41, 5.74) is 5.55. The van der Waals surface area contributed by atoms with E-state index in [1.807, 2.05) is 51.1 Å². The van der Waals surface area contributed by atoms with Crippen LogP contribution in [0.5, 0.6) is 0 Å². The van der Waals surface area contributed by atoms with Gasteiger partial charge in [-0.05, 0) is 61.7 Å². The van der Waals surface area contributed by atoms with Crippen molar-refractivity contribution in [1.82, 2.24) is 19.7 Å². The zero-order chi connectivity index (χ0) is 24.7. The largest absolute Gasteiger partial charge is 0.478 e. The number of nitrogens with one attached hydrogen (secondary N) is 1. The van der Waals surface area contributed by atoms with Gasteiger partial charge in [-0.2, -0.15) is 5.10 Å². The van der Waals surface area contributed by atoms with Gasteiger partial charge >= 0.3 is 5.97 Å². The molecule has 5 rings (SSSR count). The molecule has 174 valence electrons. The summed E-state index contributed by atoms with van der Waals surface area (Å²) in [4.78, 5) is 20.4. The molecule has 2 heterocycles. The van der Waals surface area contributed by atoms with Crippen molar-refractivity contribution in [1.29, 1.82) is 0 Å². The van der Waals surface area contributed by atoms with Gasteiger partial charge in [0.25, 0.3) is 0 Å². The van der Waals surface area contributed by atoms with Crippen molar-refractivity contribution in [3.8, 4) is 16.8 Å². The first-order chi connectivity index (χ1) is 16.8. The minimum atomic E-state index is -1.05. The molecule has 3 aromatic carbocycles. The van der Waals surface area contributed by atoms with Crippen molar-refractivity contribution in [3.63, 3.8) is 0 Å². The van der Waals surface area contributed by atoms with Crippen LogP contribution in [0.2, 0.25) is 0 Å². The molecular formula is C27H22FN5O2. The second-order valence-electron chi connectivity index (χ2n) is 8.32. The molecule has 5 aromatic rings. The highest BCUT2D eigenvalue weighted by atomic mass is 19.1. The summed E-state index contributed by atoms with van der Waals surface area (Å²) in [7, 11) is 0. The van der Waals surface area contributed by atoms with E-state index in [2.05, 4.69) is 15.3 Å². The van der Waals surface area contributed by atoms with Gasteiger partial charge in [0.05, 0.1) is 28.1 Å². The molecular weight excluding hydrogens is 445 g/mol. The average molecular weight is 468 g/mol. The second-order valence-corrected chi connectivity index (χ2v) is 8.32. The average Bonchev–Trinajstić information content (AvgIpc) is 3.16. The highest BCUT2D eigenvalue weighted by Crippen LogP contribution is 2.38.